The lowest BCUT2D eigenvalue weighted by molar-refractivity contribution is -0.137. The summed E-state index contributed by atoms with van der Waals surface area (Å²) in [6, 6.07) is 3.50. The minimum atomic E-state index is -0.936. The lowest BCUT2D eigenvalue weighted by atomic mass is 10.2. The standard InChI is InChI=1S/C10H12FNO2/c1-6-5-8(11)3-4-9(6)12-7(2)10(13)14/h3-5,7,12H,1-2H3,(H,13,14)/t7-/m0/s1. The normalized spacial score (nSPS) is 12.2. The van der Waals surface area contributed by atoms with Gasteiger partial charge in [0, 0.05) is 5.69 Å². The van der Waals surface area contributed by atoms with Gasteiger partial charge < -0.3 is 10.4 Å². The van der Waals surface area contributed by atoms with Crippen LogP contribution in [0, 0.1) is 12.7 Å². The van der Waals surface area contributed by atoms with Gasteiger partial charge >= 0.3 is 5.97 Å². The fourth-order valence-corrected chi connectivity index (χ4v) is 1.08. The number of aryl methyl sites for hydroxylation is 1. The Bertz CT molecular complexity index is 352. The molecule has 0 aromatic heterocycles. The van der Waals surface area contributed by atoms with Crippen LogP contribution in [0.1, 0.15) is 12.5 Å². The summed E-state index contributed by atoms with van der Waals surface area (Å²) in [7, 11) is 0. The Kier molecular flexibility index (Phi) is 3.06. The first-order valence-corrected chi connectivity index (χ1v) is 4.26. The van der Waals surface area contributed by atoms with Crippen LogP contribution in [0.4, 0.5) is 10.1 Å². The summed E-state index contributed by atoms with van der Waals surface area (Å²) in [5.74, 6) is -1.26. The quantitative estimate of drug-likeness (QED) is 0.779. The van der Waals surface area contributed by atoms with E-state index in [9.17, 15) is 9.18 Å². The number of carboxylic acid groups (broad SMARTS) is 1. The summed E-state index contributed by atoms with van der Waals surface area (Å²) in [6.45, 7) is 3.26. The van der Waals surface area contributed by atoms with Crippen molar-refractivity contribution in [3.63, 3.8) is 0 Å². The molecule has 0 unspecified atom stereocenters. The number of hydrogen-bond donors (Lipinski definition) is 2. The van der Waals surface area contributed by atoms with Gasteiger partial charge in [-0.05, 0) is 37.6 Å². The van der Waals surface area contributed by atoms with Crippen molar-refractivity contribution in [2.45, 2.75) is 19.9 Å². The Balaban J connectivity index is 2.82. The van der Waals surface area contributed by atoms with Crippen molar-refractivity contribution in [3.8, 4) is 0 Å². The third-order valence-corrected chi connectivity index (χ3v) is 1.93. The van der Waals surface area contributed by atoms with Crippen molar-refractivity contribution >= 4 is 11.7 Å². The lowest BCUT2D eigenvalue weighted by Gasteiger charge is -2.12. The zero-order chi connectivity index (χ0) is 10.7. The predicted octanol–water partition coefficient (Wildman–Crippen LogP) is 2.02. The molecule has 14 heavy (non-hydrogen) atoms. The molecule has 2 N–H and O–H groups in total. The van der Waals surface area contributed by atoms with Crippen LogP contribution in [0.15, 0.2) is 18.2 Å². The number of hydrogen-bond acceptors (Lipinski definition) is 2. The molecular formula is C10H12FNO2. The van der Waals surface area contributed by atoms with Crippen molar-refractivity contribution in [3.05, 3.63) is 29.6 Å². The van der Waals surface area contributed by atoms with E-state index in [4.69, 9.17) is 5.11 Å². The van der Waals surface area contributed by atoms with Crippen LogP contribution in [-0.2, 0) is 4.79 Å². The fraction of sp³-hybridized carbons (Fsp3) is 0.300. The average molecular weight is 197 g/mol. The van der Waals surface area contributed by atoms with E-state index in [0.29, 0.717) is 11.3 Å². The maximum absolute atomic E-state index is 12.7. The van der Waals surface area contributed by atoms with Crippen LogP contribution in [0.2, 0.25) is 0 Å². The highest BCUT2D eigenvalue weighted by molar-refractivity contribution is 5.77. The molecule has 0 heterocycles. The second kappa shape index (κ2) is 4.09. The molecule has 0 aliphatic heterocycles. The smallest absolute Gasteiger partial charge is 0.325 e. The van der Waals surface area contributed by atoms with Gasteiger partial charge in [0.1, 0.15) is 11.9 Å². The summed E-state index contributed by atoms with van der Waals surface area (Å²) in [5, 5.41) is 11.4. The summed E-state index contributed by atoms with van der Waals surface area (Å²) in [5.41, 5.74) is 1.33. The van der Waals surface area contributed by atoms with E-state index in [0.717, 1.165) is 0 Å². The second-order valence-electron chi connectivity index (χ2n) is 3.16. The van der Waals surface area contributed by atoms with Crippen LogP contribution in [-0.4, -0.2) is 17.1 Å². The van der Waals surface area contributed by atoms with Crippen molar-refractivity contribution in [1.82, 2.24) is 0 Å². The topological polar surface area (TPSA) is 49.3 Å². The second-order valence-corrected chi connectivity index (χ2v) is 3.16. The molecule has 0 aliphatic rings. The van der Waals surface area contributed by atoms with E-state index in [1.165, 1.54) is 25.1 Å². The summed E-state index contributed by atoms with van der Waals surface area (Å²) in [6.07, 6.45) is 0. The first-order chi connectivity index (χ1) is 6.50. The van der Waals surface area contributed by atoms with E-state index >= 15 is 0 Å². The molecule has 0 bridgehead atoms. The van der Waals surface area contributed by atoms with Gasteiger partial charge in [0.05, 0.1) is 0 Å². The Labute approximate surface area is 81.6 Å². The highest BCUT2D eigenvalue weighted by atomic mass is 19.1. The summed E-state index contributed by atoms with van der Waals surface area (Å²) >= 11 is 0. The molecule has 0 fully saturated rings. The number of carboxylic acids is 1. The minimum absolute atomic E-state index is 0.323. The van der Waals surface area contributed by atoms with Gasteiger partial charge in [-0.25, -0.2) is 4.39 Å². The van der Waals surface area contributed by atoms with Crippen LogP contribution >= 0.6 is 0 Å². The number of aliphatic carboxylic acids is 1. The molecule has 0 saturated carbocycles. The zero-order valence-corrected chi connectivity index (χ0v) is 8.04. The van der Waals surface area contributed by atoms with Gasteiger partial charge in [-0.2, -0.15) is 0 Å². The number of nitrogens with one attached hydrogen (secondary N) is 1. The molecular weight excluding hydrogens is 185 g/mol. The highest BCUT2D eigenvalue weighted by Gasteiger charge is 2.11. The number of carbonyl (C=O) groups is 1. The molecule has 1 atom stereocenters. The van der Waals surface area contributed by atoms with E-state index < -0.39 is 12.0 Å². The molecule has 76 valence electrons. The maximum atomic E-state index is 12.7. The third kappa shape index (κ3) is 2.45. The molecule has 0 amide bonds. The van der Waals surface area contributed by atoms with Crippen molar-refractivity contribution in [2.75, 3.05) is 5.32 Å². The maximum Gasteiger partial charge on any atom is 0.325 e. The SMILES string of the molecule is Cc1cc(F)ccc1N[C@@H](C)C(=O)O. The molecule has 0 aliphatic carbocycles. The molecule has 1 rings (SSSR count). The molecule has 1 aromatic carbocycles. The van der Waals surface area contributed by atoms with Crippen molar-refractivity contribution in [1.29, 1.82) is 0 Å². The van der Waals surface area contributed by atoms with Crippen molar-refractivity contribution < 1.29 is 14.3 Å². The van der Waals surface area contributed by atoms with Crippen LogP contribution < -0.4 is 5.32 Å². The first kappa shape index (κ1) is 10.5. The molecule has 3 nitrogen and oxygen atoms in total. The monoisotopic (exact) mass is 197 g/mol. The van der Waals surface area contributed by atoms with Gasteiger partial charge in [0.15, 0.2) is 0 Å². The Morgan fingerprint density at radius 2 is 2.21 bits per heavy atom. The highest BCUT2D eigenvalue weighted by Crippen LogP contribution is 2.16. The average Bonchev–Trinajstić information content (AvgIpc) is 2.09. The minimum Gasteiger partial charge on any atom is -0.480 e. The number of benzene rings is 1. The molecule has 0 spiro atoms. The van der Waals surface area contributed by atoms with Gasteiger partial charge in [-0.1, -0.05) is 0 Å². The molecule has 1 aromatic rings. The number of rotatable bonds is 3. The predicted molar refractivity (Wildman–Crippen MR) is 51.9 cm³/mol. The van der Waals surface area contributed by atoms with Crippen LogP contribution in [0.25, 0.3) is 0 Å². The van der Waals surface area contributed by atoms with Crippen LogP contribution in [0.5, 0.6) is 0 Å². The molecule has 4 heteroatoms. The van der Waals surface area contributed by atoms with Crippen molar-refractivity contribution in [2.24, 2.45) is 0 Å². The Hall–Kier alpha value is -1.58. The van der Waals surface area contributed by atoms with Gasteiger partial charge in [0.25, 0.3) is 0 Å². The third-order valence-electron chi connectivity index (χ3n) is 1.93. The molecule has 0 radical (unpaired) electrons. The zero-order valence-electron chi connectivity index (χ0n) is 8.04. The van der Waals surface area contributed by atoms with Gasteiger partial charge in [-0.15, -0.1) is 0 Å². The number of anilines is 1. The first-order valence-electron chi connectivity index (χ1n) is 4.26. The van der Waals surface area contributed by atoms with Gasteiger partial charge in [0.2, 0.25) is 0 Å². The number of halogens is 1. The summed E-state index contributed by atoms with van der Waals surface area (Å²) in [4.78, 5) is 10.5. The van der Waals surface area contributed by atoms with E-state index in [1.54, 1.807) is 6.92 Å². The fourth-order valence-electron chi connectivity index (χ4n) is 1.08. The summed E-state index contributed by atoms with van der Waals surface area (Å²) < 4.78 is 12.7. The van der Waals surface area contributed by atoms with Crippen LogP contribution in [0.3, 0.4) is 0 Å². The van der Waals surface area contributed by atoms with E-state index in [-0.39, 0.29) is 5.82 Å². The Morgan fingerprint density at radius 3 is 2.71 bits per heavy atom. The largest absolute Gasteiger partial charge is 0.480 e. The Morgan fingerprint density at radius 1 is 1.57 bits per heavy atom. The molecule has 0 saturated heterocycles. The van der Waals surface area contributed by atoms with E-state index in [1.807, 2.05) is 0 Å². The lowest BCUT2D eigenvalue weighted by Crippen LogP contribution is -2.25. The van der Waals surface area contributed by atoms with E-state index in [2.05, 4.69) is 5.32 Å². The van der Waals surface area contributed by atoms with Gasteiger partial charge in [-0.3, -0.25) is 4.79 Å².